The Morgan fingerprint density at radius 3 is 2.35 bits per heavy atom. The number of halogens is 1. The quantitative estimate of drug-likeness (QED) is 0.763. The molecule has 0 spiro atoms. The lowest BCUT2D eigenvalue weighted by molar-refractivity contribution is 0.0307. The van der Waals surface area contributed by atoms with Crippen LogP contribution in [0.1, 0.15) is 49.9 Å². The molecule has 110 valence electrons. The molecule has 1 aromatic carbocycles. The molecular formula is C17H23FO2. The van der Waals surface area contributed by atoms with Crippen molar-refractivity contribution in [1.29, 1.82) is 0 Å². The third-order valence-corrected chi connectivity index (χ3v) is 4.28. The Hall–Kier alpha value is -1.38. The molecule has 0 saturated heterocycles. The molecular weight excluding hydrogens is 255 g/mol. The molecule has 0 N–H and O–H groups in total. The van der Waals surface area contributed by atoms with Crippen molar-refractivity contribution in [2.45, 2.75) is 45.2 Å². The molecule has 0 bridgehead atoms. The minimum atomic E-state index is -1.09. The minimum absolute atomic E-state index is 0.142. The van der Waals surface area contributed by atoms with Gasteiger partial charge in [0.05, 0.1) is 12.2 Å². The predicted octanol–water partition coefficient (Wildman–Crippen LogP) is 4.40. The normalized spacial score (nSPS) is 23.4. The number of carbonyl (C=O) groups excluding carboxylic acids is 1. The largest absolute Gasteiger partial charge is 0.462 e. The Labute approximate surface area is 120 Å². The Balaban J connectivity index is 1.75. The van der Waals surface area contributed by atoms with Gasteiger partial charge in [-0.2, -0.15) is 0 Å². The maximum absolute atomic E-state index is 13.9. The highest BCUT2D eigenvalue weighted by molar-refractivity contribution is 5.89. The van der Waals surface area contributed by atoms with Crippen LogP contribution in [0.2, 0.25) is 0 Å². The van der Waals surface area contributed by atoms with E-state index in [4.69, 9.17) is 4.74 Å². The van der Waals surface area contributed by atoms with Crippen LogP contribution in [0.15, 0.2) is 30.3 Å². The SMILES string of the molecule is CC(C)(F)C1CCC(COC(=O)c2ccccc2)CC1. The van der Waals surface area contributed by atoms with E-state index in [9.17, 15) is 9.18 Å². The van der Waals surface area contributed by atoms with Crippen LogP contribution >= 0.6 is 0 Å². The van der Waals surface area contributed by atoms with E-state index in [1.54, 1.807) is 26.0 Å². The van der Waals surface area contributed by atoms with Crippen LogP contribution in [-0.2, 0) is 4.74 Å². The van der Waals surface area contributed by atoms with E-state index in [0.717, 1.165) is 25.7 Å². The summed E-state index contributed by atoms with van der Waals surface area (Å²) in [6, 6.07) is 9.03. The van der Waals surface area contributed by atoms with Gasteiger partial charge in [0.25, 0.3) is 0 Å². The zero-order valence-corrected chi connectivity index (χ0v) is 12.3. The summed E-state index contributed by atoms with van der Waals surface area (Å²) in [5, 5.41) is 0. The third-order valence-electron chi connectivity index (χ3n) is 4.28. The third kappa shape index (κ3) is 4.06. The van der Waals surface area contributed by atoms with E-state index in [2.05, 4.69) is 0 Å². The van der Waals surface area contributed by atoms with Crippen LogP contribution in [0.25, 0.3) is 0 Å². The summed E-state index contributed by atoms with van der Waals surface area (Å²) in [6.07, 6.45) is 3.66. The molecule has 0 amide bonds. The number of carbonyl (C=O) groups is 1. The number of rotatable bonds is 4. The van der Waals surface area contributed by atoms with Crippen LogP contribution in [0, 0.1) is 11.8 Å². The summed E-state index contributed by atoms with van der Waals surface area (Å²) < 4.78 is 19.2. The van der Waals surface area contributed by atoms with Gasteiger partial charge in [0.1, 0.15) is 5.67 Å². The number of alkyl halides is 1. The van der Waals surface area contributed by atoms with E-state index in [1.165, 1.54) is 0 Å². The molecule has 2 rings (SSSR count). The van der Waals surface area contributed by atoms with Crippen molar-refractivity contribution in [1.82, 2.24) is 0 Å². The fourth-order valence-electron chi connectivity index (χ4n) is 2.87. The predicted molar refractivity (Wildman–Crippen MR) is 77.4 cm³/mol. The topological polar surface area (TPSA) is 26.3 Å². The highest BCUT2D eigenvalue weighted by atomic mass is 19.1. The number of esters is 1. The van der Waals surface area contributed by atoms with Gasteiger partial charge >= 0.3 is 5.97 Å². The zero-order valence-electron chi connectivity index (χ0n) is 12.3. The van der Waals surface area contributed by atoms with Gasteiger partial charge in [0, 0.05) is 0 Å². The first kappa shape index (κ1) is 15.0. The molecule has 3 heteroatoms. The first-order valence-electron chi connectivity index (χ1n) is 7.38. The molecule has 1 aliphatic rings. The van der Waals surface area contributed by atoms with Crippen molar-refractivity contribution in [2.24, 2.45) is 11.8 Å². The van der Waals surface area contributed by atoms with E-state index < -0.39 is 5.67 Å². The number of benzene rings is 1. The maximum Gasteiger partial charge on any atom is 0.338 e. The zero-order chi connectivity index (χ0) is 14.6. The van der Waals surface area contributed by atoms with Crippen LogP contribution in [0.5, 0.6) is 0 Å². The Bertz CT molecular complexity index is 428. The lowest BCUT2D eigenvalue weighted by atomic mass is 9.76. The van der Waals surface area contributed by atoms with Crippen molar-refractivity contribution in [3.8, 4) is 0 Å². The Morgan fingerprint density at radius 1 is 1.20 bits per heavy atom. The molecule has 0 aliphatic heterocycles. The molecule has 1 fully saturated rings. The molecule has 0 aromatic heterocycles. The number of hydrogen-bond donors (Lipinski definition) is 0. The molecule has 0 heterocycles. The van der Waals surface area contributed by atoms with E-state index >= 15 is 0 Å². The fourth-order valence-corrected chi connectivity index (χ4v) is 2.87. The van der Waals surface area contributed by atoms with Crippen molar-refractivity contribution < 1.29 is 13.9 Å². The molecule has 0 unspecified atom stereocenters. The minimum Gasteiger partial charge on any atom is -0.462 e. The smallest absolute Gasteiger partial charge is 0.338 e. The summed E-state index contributed by atoms with van der Waals surface area (Å²) in [5.74, 6) is 0.253. The lowest BCUT2D eigenvalue weighted by Crippen LogP contribution is -2.31. The summed E-state index contributed by atoms with van der Waals surface area (Å²) >= 11 is 0. The lowest BCUT2D eigenvalue weighted by Gasteiger charge is -2.34. The molecule has 20 heavy (non-hydrogen) atoms. The molecule has 1 aromatic rings. The first-order chi connectivity index (χ1) is 9.47. The number of ether oxygens (including phenoxy) is 1. The van der Waals surface area contributed by atoms with Crippen molar-refractivity contribution in [2.75, 3.05) is 6.61 Å². The molecule has 2 nitrogen and oxygen atoms in total. The van der Waals surface area contributed by atoms with Crippen LogP contribution in [0.3, 0.4) is 0 Å². The van der Waals surface area contributed by atoms with Gasteiger partial charge in [0.15, 0.2) is 0 Å². The van der Waals surface area contributed by atoms with Gasteiger partial charge in [0.2, 0.25) is 0 Å². The van der Waals surface area contributed by atoms with Crippen molar-refractivity contribution >= 4 is 5.97 Å². The second-order valence-electron chi connectivity index (χ2n) is 6.25. The highest BCUT2D eigenvalue weighted by Gasteiger charge is 2.33. The average molecular weight is 278 g/mol. The van der Waals surface area contributed by atoms with E-state index in [-0.39, 0.29) is 11.9 Å². The summed E-state index contributed by atoms with van der Waals surface area (Å²) in [6.45, 7) is 3.77. The van der Waals surface area contributed by atoms with Gasteiger partial charge in [-0.15, -0.1) is 0 Å². The van der Waals surface area contributed by atoms with Crippen molar-refractivity contribution in [3.63, 3.8) is 0 Å². The second kappa shape index (κ2) is 6.38. The summed E-state index contributed by atoms with van der Waals surface area (Å²) in [5.41, 5.74) is -0.503. The van der Waals surface area contributed by atoms with Gasteiger partial charge in [-0.1, -0.05) is 18.2 Å². The molecule has 0 atom stereocenters. The standard InChI is InChI=1S/C17H23FO2/c1-17(2,18)15-10-8-13(9-11-15)12-20-16(19)14-6-4-3-5-7-14/h3-7,13,15H,8-12H2,1-2H3. The maximum atomic E-state index is 13.9. The first-order valence-corrected chi connectivity index (χ1v) is 7.38. The van der Waals surface area contributed by atoms with Crippen LogP contribution in [-0.4, -0.2) is 18.2 Å². The Morgan fingerprint density at radius 2 is 1.80 bits per heavy atom. The van der Waals surface area contributed by atoms with Crippen molar-refractivity contribution in [3.05, 3.63) is 35.9 Å². The Kier molecular flexibility index (Phi) is 4.79. The molecule has 1 aliphatic carbocycles. The van der Waals surface area contributed by atoms with Crippen LogP contribution < -0.4 is 0 Å². The van der Waals surface area contributed by atoms with Gasteiger partial charge in [-0.3, -0.25) is 0 Å². The van der Waals surface area contributed by atoms with Gasteiger partial charge < -0.3 is 4.74 Å². The van der Waals surface area contributed by atoms with E-state index in [1.807, 2.05) is 18.2 Å². The average Bonchev–Trinajstić information content (AvgIpc) is 2.45. The highest BCUT2D eigenvalue weighted by Crippen LogP contribution is 2.37. The second-order valence-corrected chi connectivity index (χ2v) is 6.25. The summed E-state index contributed by atoms with van der Waals surface area (Å²) in [4.78, 5) is 11.8. The molecule has 1 saturated carbocycles. The van der Waals surface area contributed by atoms with Gasteiger partial charge in [-0.25, -0.2) is 9.18 Å². The van der Waals surface area contributed by atoms with E-state index in [0.29, 0.717) is 18.1 Å². The number of hydrogen-bond acceptors (Lipinski definition) is 2. The molecule has 0 radical (unpaired) electrons. The monoisotopic (exact) mass is 278 g/mol. The van der Waals surface area contributed by atoms with Gasteiger partial charge in [-0.05, 0) is 63.5 Å². The fraction of sp³-hybridized carbons (Fsp3) is 0.588. The summed E-state index contributed by atoms with van der Waals surface area (Å²) in [7, 11) is 0. The van der Waals surface area contributed by atoms with Crippen LogP contribution in [0.4, 0.5) is 4.39 Å².